The Kier molecular flexibility index (Phi) is 5.19. The summed E-state index contributed by atoms with van der Waals surface area (Å²) >= 11 is 1.26. The van der Waals surface area contributed by atoms with Crippen LogP contribution in [0.25, 0.3) is 11.3 Å². The van der Waals surface area contributed by atoms with Gasteiger partial charge in [0.2, 0.25) is 0 Å². The second-order valence-electron chi connectivity index (χ2n) is 6.74. The number of nitrogens with zero attached hydrogens (tertiary/aromatic N) is 2. The zero-order chi connectivity index (χ0) is 20.4. The van der Waals surface area contributed by atoms with Crippen LogP contribution in [0.5, 0.6) is 0 Å². The van der Waals surface area contributed by atoms with Crippen molar-refractivity contribution in [3.05, 3.63) is 77.2 Å². The minimum absolute atomic E-state index is 0.0746. The van der Waals surface area contributed by atoms with Crippen molar-refractivity contribution in [2.24, 2.45) is 0 Å². The Labute approximate surface area is 171 Å². The molecule has 0 spiro atoms. The van der Waals surface area contributed by atoms with Gasteiger partial charge in [0.1, 0.15) is 11.9 Å². The Hall–Kier alpha value is -3.37. The fourth-order valence-corrected chi connectivity index (χ4v) is 4.00. The number of benzene rings is 2. The van der Waals surface area contributed by atoms with Crippen molar-refractivity contribution < 1.29 is 14.3 Å². The maximum absolute atomic E-state index is 14.2. The molecular formula is C22H16FN3O2S. The van der Waals surface area contributed by atoms with Crippen molar-refractivity contribution >= 4 is 23.6 Å². The fraction of sp³-hybridized carbons (Fsp3) is 0.136. The summed E-state index contributed by atoms with van der Waals surface area (Å²) in [5, 5.41) is 18.5. The summed E-state index contributed by atoms with van der Waals surface area (Å²) in [6.07, 6.45) is 3.77. The SMILES string of the molecule is N#Cc1cc(NSc2cc(C(=O)O)ccc2C2CC2)c(-c2ccccn2)cc1F. The molecule has 1 saturated carbocycles. The first-order valence-corrected chi connectivity index (χ1v) is 9.83. The van der Waals surface area contributed by atoms with E-state index in [9.17, 15) is 19.6 Å². The molecule has 2 aromatic carbocycles. The van der Waals surface area contributed by atoms with Gasteiger partial charge in [-0.2, -0.15) is 5.26 Å². The molecule has 1 fully saturated rings. The number of rotatable bonds is 6. The van der Waals surface area contributed by atoms with Gasteiger partial charge in [0, 0.05) is 16.7 Å². The van der Waals surface area contributed by atoms with Crippen molar-refractivity contribution in [3.8, 4) is 17.3 Å². The van der Waals surface area contributed by atoms with E-state index in [4.69, 9.17) is 0 Å². The van der Waals surface area contributed by atoms with Crippen molar-refractivity contribution in [1.82, 2.24) is 4.98 Å². The molecule has 0 amide bonds. The molecule has 1 heterocycles. The Morgan fingerprint density at radius 2 is 2.07 bits per heavy atom. The lowest BCUT2D eigenvalue weighted by Gasteiger charge is -2.14. The molecule has 1 aliphatic carbocycles. The predicted molar refractivity (Wildman–Crippen MR) is 109 cm³/mol. The molecule has 5 nitrogen and oxygen atoms in total. The summed E-state index contributed by atoms with van der Waals surface area (Å²) in [6.45, 7) is 0. The summed E-state index contributed by atoms with van der Waals surface area (Å²) in [5.74, 6) is -1.17. The number of carboxylic acids is 1. The van der Waals surface area contributed by atoms with Crippen molar-refractivity contribution in [2.75, 3.05) is 4.72 Å². The number of anilines is 1. The van der Waals surface area contributed by atoms with Crippen LogP contribution < -0.4 is 4.72 Å². The lowest BCUT2D eigenvalue weighted by molar-refractivity contribution is 0.0696. The molecule has 0 unspecified atom stereocenters. The molecule has 0 aliphatic heterocycles. The van der Waals surface area contributed by atoms with Crippen molar-refractivity contribution in [1.29, 1.82) is 5.26 Å². The van der Waals surface area contributed by atoms with Gasteiger partial charge in [-0.05, 0) is 72.7 Å². The van der Waals surface area contributed by atoms with Crippen LogP contribution in [0.15, 0.2) is 59.6 Å². The van der Waals surface area contributed by atoms with Crippen LogP contribution in [0.1, 0.15) is 40.2 Å². The summed E-state index contributed by atoms with van der Waals surface area (Å²) < 4.78 is 17.4. The first kappa shape index (κ1) is 19.0. The highest BCUT2D eigenvalue weighted by Crippen LogP contribution is 2.45. The average Bonchev–Trinajstić information content (AvgIpc) is 3.58. The van der Waals surface area contributed by atoms with Crippen LogP contribution in [-0.2, 0) is 0 Å². The highest BCUT2D eigenvalue weighted by atomic mass is 32.2. The van der Waals surface area contributed by atoms with Gasteiger partial charge in [-0.25, -0.2) is 9.18 Å². The van der Waals surface area contributed by atoms with Gasteiger partial charge in [0.25, 0.3) is 0 Å². The summed E-state index contributed by atoms with van der Waals surface area (Å²) in [4.78, 5) is 16.5. The van der Waals surface area contributed by atoms with Crippen molar-refractivity contribution in [2.45, 2.75) is 23.7 Å². The first-order chi connectivity index (χ1) is 14.1. The molecule has 0 bridgehead atoms. The number of hydrogen-bond donors (Lipinski definition) is 2. The van der Waals surface area contributed by atoms with E-state index in [1.807, 2.05) is 12.1 Å². The lowest BCUT2D eigenvalue weighted by Crippen LogP contribution is -2.00. The lowest BCUT2D eigenvalue weighted by atomic mass is 10.1. The van der Waals surface area contributed by atoms with Crippen LogP contribution in [0.4, 0.5) is 10.1 Å². The summed E-state index contributed by atoms with van der Waals surface area (Å²) in [6, 6.07) is 15.0. The Morgan fingerprint density at radius 1 is 1.24 bits per heavy atom. The van der Waals surface area contributed by atoms with Gasteiger partial charge in [-0.3, -0.25) is 4.98 Å². The molecule has 3 aromatic rings. The minimum Gasteiger partial charge on any atom is -0.478 e. The number of hydrogen-bond acceptors (Lipinski definition) is 5. The smallest absolute Gasteiger partial charge is 0.335 e. The first-order valence-electron chi connectivity index (χ1n) is 9.02. The van der Waals surface area contributed by atoms with Gasteiger partial charge >= 0.3 is 5.97 Å². The number of carbonyl (C=O) groups is 1. The van der Waals surface area contributed by atoms with Crippen LogP contribution in [0.2, 0.25) is 0 Å². The maximum atomic E-state index is 14.2. The van der Waals surface area contributed by atoms with Gasteiger partial charge in [-0.15, -0.1) is 0 Å². The molecule has 144 valence electrons. The zero-order valence-corrected chi connectivity index (χ0v) is 16.0. The second kappa shape index (κ2) is 7.94. The van der Waals surface area contributed by atoms with Gasteiger partial charge in [-0.1, -0.05) is 12.1 Å². The fourth-order valence-electron chi connectivity index (χ4n) is 3.07. The standard InChI is InChI=1S/C22H16FN3O2S/c23-18-11-17(19-3-1-2-8-25-19)20(9-15(18)12-24)26-29-21-10-14(22(27)28)6-7-16(21)13-4-5-13/h1-3,6-11,13,26H,4-5H2,(H,27,28). The number of halogens is 1. The molecule has 0 atom stereocenters. The monoisotopic (exact) mass is 405 g/mol. The average molecular weight is 405 g/mol. The quantitative estimate of drug-likeness (QED) is 0.530. The zero-order valence-electron chi connectivity index (χ0n) is 15.2. The van der Waals surface area contributed by atoms with E-state index in [-0.39, 0.29) is 11.1 Å². The van der Waals surface area contributed by atoms with E-state index in [1.54, 1.807) is 36.5 Å². The number of carboxylic acid groups (broad SMARTS) is 1. The largest absolute Gasteiger partial charge is 0.478 e. The van der Waals surface area contributed by atoms with E-state index in [0.717, 1.165) is 23.3 Å². The van der Waals surface area contributed by atoms with E-state index in [0.29, 0.717) is 22.9 Å². The van der Waals surface area contributed by atoms with E-state index < -0.39 is 11.8 Å². The number of aromatic carboxylic acids is 1. The topological polar surface area (TPSA) is 86.0 Å². The predicted octanol–water partition coefficient (Wildman–Crippen LogP) is 5.45. The number of pyridine rings is 1. The minimum atomic E-state index is -0.989. The normalized spacial score (nSPS) is 13.0. The molecule has 29 heavy (non-hydrogen) atoms. The van der Waals surface area contributed by atoms with Gasteiger partial charge in [0.15, 0.2) is 0 Å². The molecule has 0 saturated heterocycles. The Balaban J connectivity index is 1.71. The summed E-state index contributed by atoms with van der Waals surface area (Å²) in [7, 11) is 0. The van der Waals surface area contributed by atoms with E-state index in [1.165, 1.54) is 24.1 Å². The molecule has 1 aromatic heterocycles. The molecule has 7 heteroatoms. The Bertz CT molecular complexity index is 1120. The molecule has 1 aliphatic rings. The van der Waals surface area contributed by atoms with Crippen molar-refractivity contribution in [3.63, 3.8) is 0 Å². The molecule has 4 rings (SSSR count). The van der Waals surface area contributed by atoms with Crippen LogP contribution in [0, 0.1) is 17.1 Å². The molecular weight excluding hydrogens is 389 g/mol. The van der Waals surface area contributed by atoms with Crippen LogP contribution in [0.3, 0.4) is 0 Å². The third-order valence-corrected chi connectivity index (χ3v) is 5.61. The second-order valence-corrected chi connectivity index (χ2v) is 7.59. The van der Waals surface area contributed by atoms with E-state index >= 15 is 0 Å². The van der Waals surface area contributed by atoms with Gasteiger partial charge in [0.05, 0.1) is 22.5 Å². The summed E-state index contributed by atoms with van der Waals surface area (Å²) in [5.41, 5.74) is 2.86. The van der Waals surface area contributed by atoms with Crippen LogP contribution >= 0.6 is 11.9 Å². The van der Waals surface area contributed by atoms with Gasteiger partial charge < -0.3 is 9.83 Å². The van der Waals surface area contributed by atoms with E-state index in [2.05, 4.69) is 9.71 Å². The third kappa shape index (κ3) is 4.08. The molecule has 0 radical (unpaired) electrons. The molecule has 2 N–H and O–H groups in total. The highest BCUT2D eigenvalue weighted by molar-refractivity contribution is 8.00. The number of aromatic nitrogens is 1. The third-order valence-electron chi connectivity index (χ3n) is 4.72. The van der Waals surface area contributed by atoms with Crippen LogP contribution in [-0.4, -0.2) is 16.1 Å². The number of nitriles is 1. The maximum Gasteiger partial charge on any atom is 0.335 e. The Morgan fingerprint density at radius 3 is 2.72 bits per heavy atom. The number of nitrogens with one attached hydrogen (secondary N) is 1. The highest BCUT2D eigenvalue weighted by Gasteiger charge is 2.27.